The highest BCUT2D eigenvalue weighted by molar-refractivity contribution is 5.68. The molecule has 0 spiro atoms. The van der Waals surface area contributed by atoms with E-state index in [9.17, 15) is 0 Å². The van der Waals surface area contributed by atoms with Crippen molar-refractivity contribution in [2.24, 2.45) is 5.92 Å². The normalized spacial score (nSPS) is 17.0. The highest BCUT2D eigenvalue weighted by Gasteiger charge is 2.24. The van der Waals surface area contributed by atoms with Crippen LogP contribution >= 0.6 is 0 Å². The third-order valence-corrected chi connectivity index (χ3v) is 4.68. The average Bonchev–Trinajstić information content (AvgIpc) is 3.21. The number of benzene rings is 1. The van der Waals surface area contributed by atoms with E-state index in [1.807, 2.05) is 10.9 Å². The lowest BCUT2D eigenvalue weighted by atomic mass is 9.97. The molecular formula is C20H24N4. The molecule has 3 rings (SSSR count). The summed E-state index contributed by atoms with van der Waals surface area (Å²) in [4.78, 5) is 1.94. The van der Waals surface area contributed by atoms with Crippen molar-refractivity contribution in [1.29, 1.82) is 5.26 Å². The fourth-order valence-corrected chi connectivity index (χ4v) is 3.33. The molecule has 1 aliphatic heterocycles. The second kappa shape index (κ2) is 6.92. The summed E-state index contributed by atoms with van der Waals surface area (Å²) < 4.78 is 0. The zero-order valence-electron chi connectivity index (χ0n) is 14.5. The van der Waals surface area contributed by atoms with Crippen LogP contribution in [0.1, 0.15) is 30.0 Å². The number of hydrogen-bond donors (Lipinski definition) is 0. The van der Waals surface area contributed by atoms with E-state index in [1.54, 1.807) is 0 Å². The summed E-state index contributed by atoms with van der Waals surface area (Å²) in [6.45, 7) is 9.81. The van der Waals surface area contributed by atoms with Gasteiger partial charge >= 0.3 is 0 Å². The monoisotopic (exact) mass is 320 g/mol. The van der Waals surface area contributed by atoms with Crippen LogP contribution < -0.4 is 5.01 Å². The van der Waals surface area contributed by atoms with Gasteiger partial charge in [0.1, 0.15) is 0 Å². The van der Waals surface area contributed by atoms with Crippen molar-refractivity contribution >= 4 is 0 Å². The third-order valence-electron chi connectivity index (χ3n) is 4.68. The maximum absolute atomic E-state index is 9.13. The van der Waals surface area contributed by atoms with E-state index in [2.05, 4.69) is 55.9 Å². The van der Waals surface area contributed by atoms with Crippen LogP contribution in [0.2, 0.25) is 0 Å². The minimum atomic E-state index is 0.102. The first-order valence-corrected chi connectivity index (χ1v) is 8.60. The molecule has 0 saturated carbocycles. The molecule has 1 unspecified atom stereocenters. The van der Waals surface area contributed by atoms with E-state index in [-0.39, 0.29) is 5.92 Å². The molecule has 1 aromatic heterocycles. The lowest BCUT2D eigenvalue weighted by molar-refractivity contribution is 0.582. The largest absolute Gasteiger partial charge is 0.296 e. The molecule has 1 fully saturated rings. The van der Waals surface area contributed by atoms with Crippen molar-refractivity contribution in [2.45, 2.75) is 33.1 Å². The average molecular weight is 320 g/mol. The Morgan fingerprint density at radius 2 is 2.25 bits per heavy atom. The first-order valence-electron chi connectivity index (χ1n) is 8.60. The molecule has 1 aromatic carbocycles. The predicted octanol–water partition coefficient (Wildman–Crippen LogP) is 3.63. The van der Waals surface area contributed by atoms with E-state index in [1.165, 1.54) is 22.3 Å². The molecule has 1 atom stereocenters. The maximum atomic E-state index is 9.13. The Morgan fingerprint density at radius 1 is 1.42 bits per heavy atom. The van der Waals surface area contributed by atoms with Gasteiger partial charge in [0.2, 0.25) is 0 Å². The number of rotatable bonds is 5. The van der Waals surface area contributed by atoms with Crippen LogP contribution in [0, 0.1) is 24.2 Å². The van der Waals surface area contributed by atoms with Gasteiger partial charge in [0.25, 0.3) is 0 Å². The van der Waals surface area contributed by atoms with E-state index in [0.29, 0.717) is 0 Å². The van der Waals surface area contributed by atoms with Crippen LogP contribution in [0.3, 0.4) is 0 Å². The van der Waals surface area contributed by atoms with Crippen molar-refractivity contribution in [3.8, 4) is 17.3 Å². The maximum Gasteiger partial charge on any atom is 0.0982 e. The van der Waals surface area contributed by atoms with Crippen molar-refractivity contribution in [3.63, 3.8) is 0 Å². The first kappa shape index (κ1) is 16.3. The van der Waals surface area contributed by atoms with E-state index in [0.717, 1.165) is 38.0 Å². The lowest BCUT2D eigenvalue weighted by Crippen LogP contribution is -2.32. The van der Waals surface area contributed by atoms with Gasteiger partial charge in [-0.2, -0.15) is 15.2 Å². The fraction of sp³-hybridized carbons (Fsp3) is 0.400. The molecule has 0 amide bonds. The van der Waals surface area contributed by atoms with Gasteiger partial charge < -0.3 is 0 Å². The van der Waals surface area contributed by atoms with Crippen LogP contribution in [0.4, 0.5) is 0 Å². The first-order chi connectivity index (χ1) is 11.7. The highest BCUT2D eigenvalue weighted by atomic mass is 15.7. The predicted molar refractivity (Wildman–Crippen MR) is 97.4 cm³/mol. The number of nitrogens with zero attached hydrogens (tertiary/aromatic N) is 4. The van der Waals surface area contributed by atoms with Gasteiger partial charge in [-0.15, -0.1) is 6.58 Å². The number of hydrogen-bond acceptors (Lipinski definition) is 3. The Hall–Kier alpha value is -2.54. The smallest absolute Gasteiger partial charge is 0.0982 e. The molecule has 0 aliphatic carbocycles. The van der Waals surface area contributed by atoms with Gasteiger partial charge in [0.05, 0.1) is 30.4 Å². The Balaban J connectivity index is 2.03. The van der Waals surface area contributed by atoms with Gasteiger partial charge in [-0.05, 0) is 37.8 Å². The Morgan fingerprint density at radius 3 is 2.92 bits per heavy atom. The second-order valence-electron chi connectivity index (χ2n) is 6.46. The number of allylic oxidation sites excluding steroid dienone is 1. The van der Waals surface area contributed by atoms with Crippen molar-refractivity contribution in [2.75, 3.05) is 18.1 Å². The number of aryl methyl sites for hydroxylation is 2. The van der Waals surface area contributed by atoms with E-state index < -0.39 is 0 Å². The quantitative estimate of drug-likeness (QED) is 0.790. The minimum absolute atomic E-state index is 0.102. The van der Waals surface area contributed by atoms with Crippen LogP contribution in [0.25, 0.3) is 11.3 Å². The standard InChI is InChI=1S/C20H24N4/c1-4-6-18-14-24(23-10-9-16(12-21)13-23)22-20(18)19-11-15(3)7-8-17(19)5-2/h4,7-8,11,14,16H,1,5-6,9-10,13H2,2-3H3. The molecule has 2 heterocycles. The highest BCUT2D eigenvalue weighted by Crippen LogP contribution is 2.28. The van der Waals surface area contributed by atoms with Gasteiger partial charge in [-0.3, -0.25) is 5.01 Å². The fourth-order valence-electron chi connectivity index (χ4n) is 3.33. The Kier molecular flexibility index (Phi) is 4.71. The van der Waals surface area contributed by atoms with Crippen molar-refractivity contribution in [1.82, 2.24) is 9.89 Å². The summed E-state index contributed by atoms with van der Waals surface area (Å²) >= 11 is 0. The van der Waals surface area contributed by atoms with Crippen LogP contribution in [-0.2, 0) is 12.8 Å². The molecule has 0 N–H and O–H groups in total. The molecule has 4 nitrogen and oxygen atoms in total. The zero-order valence-corrected chi connectivity index (χ0v) is 14.5. The van der Waals surface area contributed by atoms with Gasteiger partial charge in [0, 0.05) is 17.7 Å². The van der Waals surface area contributed by atoms with Crippen molar-refractivity contribution < 1.29 is 0 Å². The molecule has 4 heteroatoms. The number of aromatic nitrogens is 2. The molecule has 0 bridgehead atoms. The number of nitriles is 1. The van der Waals surface area contributed by atoms with Gasteiger partial charge in [-0.25, -0.2) is 0 Å². The van der Waals surface area contributed by atoms with Crippen LogP contribution in [0.5, 0.6) is 0 Å². The van der Waals surface area contributed by atoms with Crippen LogP contribution in [-0.4, -0.2) is 23.0 Å². The molecule has 1 saturated heterocycles. The zero-order chi connectivity index (χ0) is 17.1. The topological polar surface area (TPSA) is 44.9 Å². The van der Waals surface area contributed by atoms with E-state index >= 15 is 0 Å². The molecule has 24 heavy (non-hydrogen) atoms. The summed E-state index contributed by atoms with van der Waals surface area (Å²) in [5.74, 6) is 0.102. The van der Waals surface area contributed by atoms with Crippen LogP contribution in [0.15, 0.2) is 37.1 Å². The summed E-state index contributed by atoms with van der Waals surface area (Å²) in [5.41, 5.74) is 5.99. The molecular weight excluding hydrogens is 296 g/mol. The Labute approximate surface area is 144 Å². The van der Waals surface area contributed by atoms with Gasteiger partial charge in [0.15, 0.2) is 0 Å². The third kappa shape index (κ3) is 3.07. The summed E-state index contributed by atoms with van der Waals surface area (Å²) in [6, 6.07) is 8.95. The summed E-state index contributed by atoms with van der Waals surface area (Å²) in [5, 5.41) is 16.2. The molecule has 124 valence electrons. The molecule has 0 radical (unpaired) electrons. The Bertz CT molecular complexity index is 781. The molecule has 1 aliphatic rings. The van der Waals surface area contributed by atoms with Gasteiger partial charge in [-0.1, -0.05) is 30.7 Å². The van der Waals surface area contributed by atoms with E-state index in [4.69, 9.17) is 10.4 Å². The van der Waals surface area contributed by atoms with Crippen molar-refractivity contribution in [3.05, 3.63) is 53.7 Å². The SMILES string of the molecule is C=CCc1cn(N2CCC(C#N)C2)nc1-c1cc(C)ccc1CC. The second-order valence-corrected chi connectivity index (χ2v) is 6.46. The summed E-state index contributed by atoms with van der Waals surface area (Å²) in [6.07, 6.45) is 6.71. The molecule has 2 aromatic rings. The lowest BCUT2D eigenvalue weighted by Gasteiger charge is -2.17. The minimum Gasteiger partial charge on any atom is -0.296 e. The summed E-state index contributed by atoms with van der Waals surface area (Å²) in [7, 11) is 0.